The Hall–Kier alpha value is -1.09. The summed E-state index contributed by atoms with van der Waals surface area (Å²) in [5.41, 5.74) is 2.18. The van der Waals surface area contributed by atoms with E-state index < -0.39 is 0 Å². The van der Waals surface area contributed by atoms with Crippen molar-refractivity contribution in [3.05, 3.63) is 33.7 Å². The molecule has 0 aliphatic carbocycles. The minimum atomic E-state index is 0.173. The molecule has 0 spiro atoms. The van der Waals surface area contributed by atoms with Gasteiger partial charge in [0.15, 0.2) is 0 Å². The van der Waals surface area contributed by atoms with Gasteiger partial charge < -0.3 is 9.88 Å². The van der Waals surface area contributed by atoms with Crippen LogP contribution in [0.15, 0.2) is 16.9 Å². The van der Waals surface area contributed by atoms with Crippen LogP contribution in [0, 0.1) is 0 Å². The molecular weight excluding hydrogens is 224 g/mol. The predicted octanol–water partition coefficient (Wildman–Crippen LogP) is 2.88. The number of nitrogens with zero attached hydrogens (tertiary/aromatic N) is 1. The van der Waals surface area contributed by atoms with Crippen LogP contribution in [0.2, 0.25) is 0 Å². The standard InChI is InChI=1S/C15H26N2O/c1-5-6-7-10-17-14(12(2)3)9-8-13(11-16-4)15(17)18/h8-9,12,16H,5-7,10-11H2,1-4H3. The second-order valence-corrected chi connectivity index (χ2v) is 5.13. The van der Waals surface area contributed by atoms with Gasteiger partial charge in [0.05, 0.1) is 0 Å². The van der Waals surface area contributed by atoms with Gasteiger partial charge in [-0.1, -0.05) is 39.7 Å². The Morgan fingerprint density at radius 2 is 2.00 bits per heavy atom. The molecule has 0 atom stereocenters. The normalized spacial score (nSPS) is 11.2. The van der Waals surface area contributed by atoms with Crippen LogP contribution in [0.5, 0.6) is 0 Å². The first-order chi connectivity index (χ1) is 8.61. The van der Waals surface area contributed by atoms with Crippen LogP contribution in [0.1, 0.15) is 57.2 Å². The lowest BCUT2D eigenvalue weighted by Gasteiger charge is -2.17. The van der Waals surface area contributed by atoms with Gasteiger partial charge in [0.1, 0.15) is 0 Å². The molecule has 3 heteroatoms. The van der Waals surface area contributed by atoms with Gasteiger partial charge in [-0.3, -0.25) is 4.79 Å². The Balaban J connectivity index is 3.06. The quantitative estimate of drug-likeness (QED) is 0.755. The third-order valence-electron chi connectivity index (χ3n) is 3.23. The van der Waals surface area contributed by atoms with Gasteiger partial charge in [0.25, 0.3) is 5.56 Å². The van der Waals surface area contributed by atoms with Gasteiger partial charge in [0.2, 0.25) is 0 Å². The molecule has 1 aromatic rings. The summed E-state index contributed by atoms with van der Waals surface area (Å²) in [5.74, 6) is 0.392. The zero-order valence-corrected chi connectivity index (χ0v) is 12.1. The highest BCUT2D eigenvalue weighted by Crippen LogP contribution is 2.14. The molecule has 0 aromatic carbocycles. The van der Waals surface area contributed by atoms with E-state index >= 15 is 0 Å². The van der Waals surface area contributed by atoms with Gasteiger partial charge in [-0.25, -0.2) is 0 Å². The van der Waals surface area contributed by atoms with E-state index in [1.54, 1.807) is 0 Å². The minimum Gasteiger partial charge on any atom is -0.315 e. The highest BCUT2D eigenvalue weighted by atomic mass is 16.1. The van der Waals surface area contributed by atoms with Crippen molar-refractivity contribution in [2.45, 2.75) is 59.0 Å². The molecule has 18 heavy (non-hydrogen) atoms. The van der Waals surface area contributed by atoms with Crippen molar-refractivity contribution in [3.8, 4) is 0 Å². The fraction of sp³-hybridized carbons (Fsp3) is 0.667. The summed E-state index contributed by atoms with van der Waals surface area (Å²) in [6.45, 7) is 7.96. The number of hydrogen-bond acceptors (Lipinski definition) is 2. The molecular formula is C15H26N2O. The molecule has 0 unspecified atom stereocenters. The first-order valence-electron chi connectivity index (χ1n) is 6.99. The van der Waals surface area contributed by atoms with Gasteiger partial charge in [-0.15, -0.1) is 0 Å². The maximum absolute atomic E-state index is 12.4. The molecule has 0 bridgehead atoms. The average molecular weight is 250 g/mol. The van der Waals surface area contributed by atoms with Crippen molar-refractivity contribution in [2.24, 2.45) is 0 Å². The largest absolute Gasteiger partial charge is 0.315 e. The fourth-order valence-electron chi connectivity index (χ4n) is 2.22. The summed E-state index contributed by atoms with van der Waals surface area (Å²) in [4.78, 5) is 12.4. The van der Waals surface area contributed by atoms with Crippen LogP contribution < -0.4 is 10.9 Å². The summed E-state index contributed by atoms with van der Waals surface area (Å²) in [5, 5.41) is 3.05. The van der Waals surface area contributed by atoms with E-state index in [1.807, 2.05) is 17.7 Å². The van der Waals surface area contributed by atoms with Crippen LogP contribution >= 0.6 is 0 Å². The molecule has 0 amide bonds. The Labute approximate surface area is 110 Å². The van der Waals surface area contributed by atoms with Crippen LogP contribution in [0.25, 0.3) is 0 Å². The first-order valence-corrected chi connectivity index (χ1v) is 6.99. The number of aromatic nitrogens is 1. The molecule has 0 saturated carbocycles. The molecule has 0 aliphatic rings. The molecule has 1 aromatic heterocycles. The van der Waals surface area contributed by atoms with E-state index in [1.165, 1.54) is 12.8 Å². The molecule has 0 aliphatic heterocycles. The number of pyridine rings is 1. The Bertz CT molecular complexity index is 421. The summed E-state index contributed by atoms with van der Waals surface area (Å²) < 4.78 is 1.97. The Morgan fingerprint density at radius 1 is 1.28 bits per heavy atom. The highest BCUT2D eigenvalue weighted by Gasteiger charge is 2.10. The molecule has 0 saturated heterocycles. The van der Waals surface area contributed by atoms with Crippen molar-refractivity contribution in [2.75, 3.05) is 7.05 Å². The molecule has 0 radical (unpaired) electrons. The maximum atomic E-state index is 12.4. The topological polar surface area (TPSA) is 34.0 Å². The van der Waals surface area contributed by atoms with Gasteiger partial charge in [-0.2, -0.15) is 0 Å². The van der Waals surface area contributed by atoms with E-state index in [0.717, 1.165) is 24.2 Å². The maximum Gasteiger partial charge on any atom is 0.255 e. The van der Waals surface area contributed by atoms with Crippen molar-refractivity contribution in [1.29, 1.82) is 0 Å². The number of nitrogens with one attached hydrogen (secondary N) is 1. The number of hydrogen-bond donors (Lipinski definition) is 1. The Kier molecular flexibility index (Phi) is 6.13. The highest BCUT2D eigenvalue weighted by molar-refractivity contribution is 5.18. The summed E-state index contributed by atoms with van der Waals surface area (Å²) in [7, 11) is 1.87. The molecule has 1 N–H and O–H groups in total. The van der Waals surface area contributed by atoms with Crippen molar-refractivity contribution < 1.29 is 0 Å². The van der Waals surface area contributed by atoms with Crippen LogP contribution in [0.3, 0.4) is 0 Å². The van der Waals surface area contributed by atoms with Gasteiger partial charge >= 0.3 is 0 Å². The average Bonchev–Trinajstić information content (AvgIpc) is 2.33. The summed E-state index contributed by atoms with van der Waals surface area (Å²) in [6.07, 6.45) is 3.45. The van der Waals surface area contributed by atoms with Crippen molar-refractivity contribution >= 4 is 0 Å². The monoisotopic (exact) mass is 250 g/mol. The zero-order chi connectivity index (χ0) is 13.5. The van der Waals surface area contributed by atoms with Crippen LogP contribution in [-0.4, -0.2) is 11.6 Å². The number of rotatable bonds is 7. The van der Waals surface area contributed by atoms with Crippen LogP contribution in [0.4, 0.5) is 0 Å². The minimum absolute atomic E-state index is 0.173. The van der Waals surface area contributed by atoms with Crippen molar-refractivity contribution in [1.82, 2.24) is 9.88 Å². The van der Waals surface area contributed by atoms with Crippen LogP contribution in [-0.2, 0) is 13.1 Å². The lowest BCUT2D eigenvalue weighted by atomic mass is 10.1. The number of unbranched alkanes of at least 4 members (excludes halogenated alkanes) is 2. The molecule has 0 fully saturated rings. The first kappa shape index (κ1) is 15.0. The lowest BCUT2D eigenvalue weighted by molar-refractivity contribution is 0.548. The van der Waals surface area contributed by atoms with E-state index in [-0.39, 0.29) is 5.56 Å². The van der Waals surface area contributed by atoms with Gasteiger partial charge in [-0.05, 0) is 25.5 Å². The van der Waals surface area contributed by atoms with E-state index in [4.69, 9.17) is 0 Å². The second kappa shape index (κ2) is 7.37. The fourth-order valence-corrected chi connectivity index (χ4v) is 2.22. The lowest BCUT2D eigenvalue weighted by Crippen LogP contribution is -2.29. The predicted molar refractivity (Wildman–Crippen MR) is 77.1 cm³/mol. The summed E-state index contributed by atoms with van der Waals surface area (Å²) >= 11 is 0. The van der Waals surface area contributed by atoms with E-state index in [0.29, 0.717) is 12.5 Å². The molecule has 102 valence electrons. The zero-order valence-electron chi connectivity index (χ0n) is 12.1. The Morgan fingerprint density at radius 3 is 2.56 bits per heavy atom. The molecule has 1 heterocycles. The van der Waals surface area contributed by atoms with E-state index in [2.05, 4.69) is 32.2 Å². The molecule has 1 rings (SSSR count). The smallest absolute Gasteiger partial charge is 0.255 e. The van der Waals surface area contributed by atoms with Gasteiger partial charge in [0, 0.05) is 24.3 Å². The SMILES string of the molecule is CCCCCn1c(C(C)C)ccc(CNC)c1=O. The van der Waals surface area contributed by atoms with Crippen molar-refractivity contribution in [3.63, 3.8) is 0 Å². The molecule has 3 nitrogen and oxygen atoms in total. The van der Waals surface area contributed by atoms with E-state index in [9.17, 15) is 4.79 Å². The second-order valence-electron chi connectivity index (χ2n) is 5.13. The third kappa shape index (κ3) is 3.70. The summed E-state index contributed by atoms with van der Waals surface area (Å²) in [6, 6.07) is 4.06. The third-order valence-corrected chi connectivity index (χ3v) is 3.23.